The lowest BCUT2D eigenvalue weighted by Gasteiger charge is -2.31. The average molecular weight is 421 g/mol. The van der Waals surface area contributed by atoms with Crippen LogP contribution >= 0.6 is 0 Å². The lowest BCUT2D eigenvalue weighted by atomic mass is 9.93. The van der Waals surface area contributed by atoms with Crippen molar-refractivity contribution < 1.29 is 9.47 Å². The van der Waals surface area contributed by atoms with Crippen molar-refractivity contribution in [1.82, 2.24) is 19.9 Å². The number of hydrogen-bond donors (Lipinski definition) is 1. The predicted octanol–water partition coefficient (Wildman–Crippen LogP) is 3.37. The molecule has 2 aromatic heterocycles. The quantitative estimate of drug-likeness (QED) is 0.673. The SMILES string of the molecule is Cc1nccnc1N[C@H]1CC[C@@H](Oc2cc(N3CCOCC3)cc3nccnc23)CC1. The molecule has 1 N–H and O–H groups in total. The zero-order valence-electron chi connectivity index (χ0n) is 17.8. The van der Waals surface area contributed by atoms with Crippen molar-refractivity contribution in [2.24, 2.45) is 0 Å². The van der Waals surface area contributed by atoms with Crippen molar-refractivity contribution in [2.45, 2.75) is 44.8 Å². The molecule has 3 heterocycles. The summed E-state index contributed by atoms with van der Waals surface area (Å²) in [6.07, 6.45) is 11.1. The van der Waals surface area contributed by atoms with Gasteiger partial charge >= 0.3 is 0 Å². The Balaban J connectivity index is 1.28. The van der Waals surface area contributed by atoms with Crippen molar-refractivity contribution in [3.63, 3.8) is 0 Å². The fourth-order valence-corrected chi connectivity index (χ4v) is 4.37. The van der Waals surface area contributed by atoms with Crippen molar-refractivity contribution in [1.29, 1.82) is 0 Å². The highest BCUT2D eigenvalue weighted by molar-refractivity contribution is 5.85. The first-order chi connectivity index (χ1) is 15.3. The van der Waals surface area contributed by atoms with Crippen LogP contribution in [0.2, 0.25) is 0 Å². The highest BCUT2D eigenvalue weighted by Gasteiger charge is 2.24. The van der Waals surface area contributed by atoms with Crippen LogP contribution in [0, 0.1) is 6.92 Å². The van der Waals surface area contributed by atoms with Gasteiger partial charge in [-0.15, -0.1) is 0 Å². The molecule has 0 atom stereocenters. The highest BCUT2D eigenvalue weighted by Crippen LogP contribution is 2.33. The Kier molecular flexibility index (Phi) is 5.80. The first-order valence-electron chi connectivity index (χ1n) is 11.0. The molecule has 0 spiro atoms. The molecule has 31 heavy (non-hydrogen) atoms. The first kappa shape index (κ1) is 19.9. The summed E-state index contributed by atoms with van der Waals surface area (Å²) in [5, 5.41) is 3.55. The van der Waals surface area contributed by atoms with Crippen LogP contribution in [0.15, 0.2) is 36.9 Å². The van der Waals surface area contributed by atoms with Crippen LogP contribution in [0.3, 0.4) is 0 Å². The van der Waals surface area contributed by atoms with Gasteiger partial charge in [0.05, 0.1) is 30.5 Å². The van der Waals surface area contributed by atoms with Crippen molar-refractivity contribution >= 4 is 22.5 Å². The number of fused-ring (bicyclic) bond motifs is 1. The van der Waals surface area contributed by atoms with Gasteiger partial charge < -0.3 is 19.7 Å². The van der Waals surface area contributed by atoms with Gasteiger partial charge in [0.1, 0.15) is 17.1 Å². The second-order valence-electron chi connectivity index (χ2n) is 8.19. The monoisotopic (exact) mass is 420 g/mol. The van der Waals surface area contributed by atoms with Crippen LogP contribution in [0.1, 0.15) is 31.4 Å². The Hall–Kier alpha value is -3.00. The summed E-state index contributed by atoms with van der Waals surface area (Å²) >= 11 is 0. The molecule has 162 valence electrons. The van der Waals surface area contributed by atoms with E-state index in [0.717, 1.165) is 86.0 Å². The third-order valence-corrected chi connectivity index (χ3v) is 6.09. The van der Waals surface area contributed by atoms with Gasteiger partial charge in [-0.3, -0.25) is 9.97 Å². The molecular formula is C23H28N6O2. The smallest absolute Gasteiger partial charge is 0.149 e. The van der Waals surface area contributed by atoms with Crippen LogP contribution in [-0.2, 0) is 4.74 Å². The molecule has 2 aliphatic rings. The standard InChI is InChI=1S/C23H28N6O2/c1-16-23(27-9-6-24-16)28-17-2-4-19(5-3-17)31-21-15-18(29-10-12-30-13-11-29)14-20-22(21)26-8-7-25-20/h6-9,14-15,17,19H,2-5,10-13H2,1H3,(H,27,28)/t17-,19+. The summed E-state index contributed by atoms with van der Waals surface area (Å²) in [5.41, 5.74) is 3.76. The van der Waals surface area contributed by atoms with Gasteiger partial charge in [0, 0.05) is 55.7 Å². The first-order valence-corrected chi connectivity index (χ1v) is 11.0. The molecule has 8 nitrogen and oxygen atoms in total. The Morgan fingerprint density at radius 1 is 0.935 bits per heavy atom. The van der Waals surface area contributed by atoms with Crippen molar-refractivity contribution in [3.05, 3.63) is 42.6 Å². The van der Waals surface area contributed by atoms with E-state index < -0.39 is 0 Å². The van der Waals surface area contributed by atoms with E-state index in [9.17, 15) is 0 Å². The summed E-state index contributed by atoms with van der Waals surface area (Å²) in [7, 11) is 0. The van der Waals surface area contributed by atoms with Gasteiger partial charge in [-0.05, 0) is 38.7 Å². The Morgan fingerprint density at radius 2 is 1.68 bits per heavy atom. The third kappa shape index (κ3) is 4.54. The van der Waals surface area contributed by atoms with Crippen LogP contribution in [0.5, 0.6) is 5.75 Å². The third-order valence-electron chi connectivity index (χ3n) is 6.09. The molecule has 1 aromatic carbocycles. The zero-order chi connectivity index (χ0) is 21.0. The van der Waals surface area contributed by atoms with Crippen LogP contribution in [0.25, 0.3) is 11.0 Å². The Bertz CT molecular complexity index is 1030. The fourth-order valence-electron chi connectivity index (χ4n) is 4.37. The molecule has 5 rings (SSSR count). The number of anilines is 2. The van der Waals surface area contributed by atoms with E-state index in [1.807, 2.05) is 6.92 Å². The van der Waals surface area contributed by atoms with Gasteiger partial charge in [0.2, 0.25) is 0 Å². The summed E-state index contributed by atoms with van der Waals surface area (Å²) in [6.45, 7) is 5.24. The second kappa shape index (κ2) is 9.01. The molecular weight excluding hydrogens is 392 g/mol. The number of benzene rings is 1. The second-order valence-corrected chi connectivity index (χ2v) is 8.19. The van der Waals surface area contributed by atoms with Gasteiger partial charge in [-0.1, -0.05) is 0 Å². The molecule has 0 bridgehead atoms. The number of rotatable bonds is 5. The number of nitrogens with zero attached hydrogens (tertiary/aromatic N) is 5. The fraction of sp³-hybridized carbons (Fsp3) is 0.478. The lowest BCUT2D eigenvalue weighted by Crippen LogP contribution is -2.36. The minimum atomic E-state index is 0.172. The van der Waals surface area contributed by atoms with E-state index in [0.29, 0.717) is 6.04 Å². The van der Waals surface area contributed by atoms with E-state index in [-0.39, 0.29) is 6.10 Å². The Morgan fingerprint density at radius 3 is 2.48 bits per heavy atom. The van der Waals surface area contributed by atoms with Crippen LogP contribution < -0.4 is 15.0 Å². The van der Waals surface area contributed by atoms with E-state index in [1.54, 1.807) is 24.8 Å². The van der Waals surface area contributed by atoms with Gasteiger partial charge in [-0.25, -0.2) is 9.97 Å². The molecule has 8 heteroatoms. The number of aromatic nitrogens is 4. The van der Waals surface area contributed by atoms with Gasteiger partial charge in [-0.2, -0.15) is 0 Å². The van der Waals surface area contributed by atoms with E-state index >= 15 is 0 Å². The maximum Gasteiger partial charge on any atom is 0.149 e. The van der Waals surface area contributed by atoms with E-state index in [1.165, 1.54) is 0 Å². The van der Waals surface area contributed by atoms with Gasteiger partial charge in [0.25, 0.3) is 0 Å². The van der Waals surface area contributed by atoms with Crippen LogP contribution in [0.4, 0.5) is 11.5 Å². The topological polar surface area (TPSA) is 85.3 Å². The maximum absolute atomic E-state index is 6.51. The average Bonchev–Trinajstić information content (AvgIpc) is 2.82. The molecule has 0 radical (unpaired) electrons. The minimum absolute atomic E-state index is 0.172. The maximum atomic E-state index is 6.51. The number of ether oxygens (including phenoxy) is 2. The number of morpholine rings is 1. The number of hydrogen-bond acceptors (Lipinski definition) is 8. The summed E-state index contributed by atoms with van der Waals surface area (Å²) in [6, 6.07) is 4.62. The summed E-state index contributed by atoms with van der Waals surface area (Å²) < 4.78 is 12.0. The van der Waals surface area contributed by atoms with Crippen molar-refractivity contribution in [2.75, 3.05) is 36.5 Å². The summed E-state index contributed by atoms with van der Waals surface area (Å²) in [4.78, 5) is 20.1. The molecule has 1 aliphatic carbocycles. The molecule has 0 amide bonds. The molecule has 0 unspecified atom stereocenters. The minimum Gasteiger partial charge on any atom is -0.488 e. The molecule has 2 fully saturated rings. The zero-order valence-corrected chi connectivity index (χ0v) is 17.8. The molecule has 1 saturated carbocycles. The lowest BCUT2D eigenvalue weighted by molar-refractivity contribution is 0.122. The van der Waals surface area contributed by atoms with Gasteiger partial charge in [0.15, 0.2) is 0 Å². The largest absolute Gasteiger partial charge is 0.488 e. The predicted molar refractivity (Wildman–Crippen MR) is 120 cm³/mol. The Labute approximate surface area is 182 Å². The summed E-state index contributed by atoms with van der Waals surface area (Å²) in [5.74, 6) is 1.71. The molecule has 1 aliphatic heterocycles. The number of nitrogens with one attached hydrogen (secondary N) is 1. The van der Waals surface area contributed by atoms with Crippen LogP contribution in [-0.4, -0.2) is 58.4 Å². The van der Waals surface area contributed by atoms with E-state index in [4.69, 9.17) is 9.47 Å². The highest BCUT2D eigenvalue weighted by atomic mass is 16.5. The molecule has 3 aromatic rings. The van der Waals surface area contributed by atoms with E-state index in [2.05, 4.69) is 42.3 Å². The van der Waals surface area contributed by atoms with Crippen molar-refractivity contribution in [3.8, 4) is 5.75 Å². The molecule has 1 saturated heterocycles. The normalized spacial score (nSPS) is 21.8. The number of aryl methyl sites for hydroxylation is 1.